The van der Waals surface area contributed by atoms with Crippen LogP contribution in [0.4, 0.5) is 10.5 Å². The molecule has 0 atom stereocenters. The molecule has 1 aliphatic rings. The van der Waals surface area contributed by atoms with Crippen LogP contribution in [0.3, 0.4) is 0 Å². The molecule has 4 nitrogen and oxygen atoms in total. The molecule has 1 aromatic carbocycles. The van der Waals surface area contributed by atoms with E-state index in [0.717, 1.165) is 11.3 Å². The fourth-order valence-corrected chi connectivity index (χ4v) is 1.67. The van der Waals surface area contributed by atoms with Crippen LogP contribution in [0.2, 0.25) is 0 Å². The van der Waals surface area contributed by atoms with Crippen LogP contribution < -0.4 is 16.4 Å². The molecule has 0 saturated carbocycles. The van der Waals surface area contributed by atoms with Gasteiger partial charge in [-0.2, -0.15) is 0 Å². The minimum absolute atomic E-state index is 0.101. The highest BCUT2D eigenvalue weighted by atomic mass is 16.2. The van der Waals surface area contributed by atoms with Gasteiger partial charge in [0.15, 0.2) is 0 Å². The first-order valence-corrected chi connectivity index (χ1v) is 4.63. The van der Waals surface area contributed by atoms with Gasteiger partial charge in [-0.3, -0.25) is 0 Å². The van der Waals surface area contributed by atoms with Crippen LogP contribution in [0.1, 0.15) is 11.5 Å². The Labute approximate surface area is 82.5 Å². The van der Waals surface area contributed by atoms with E-state index in [1.165, 1.54) is 0 Å². The average Bonchev–Trinajstić information content (AvgIpc) is 2.20. The zero-order valence-corrected chi connectivity index (χ0v) is 7.79. The Hall–Kier alpha value is -1.71. The van der Waals surface area contributed by atoms with Crippen LogP contribution in [0, 0.1) is 0 Å². The monoisotopic (exact) mass is 191 g/mol. The molecule has 1 aliphatic heterocycles. The first kappa shape index (κ1) is 8.87. The van der Waals surface area contributed by atoms with E-state index in [0.29, 0.717) is 13.1 Å². The lowest BCUT2D eigenvalue weighted by atomic mass is 9.96. The predicted octanol–water partition coefficient (Wildman–Crippen LogP) is 0.665. The fourth-order valence-electron chi connectivity index (χ4n) is 1.67. The smallest absolute Gasteiger partial charge is 0.314 e. The molecule has 74 valence electrons. The first-order valence-electron chi connectivity index (χ1n) is 4.63. The summed E-state index contributed by atoms with van der Waals surface area (Å²) >= 11 is 0. The number of amides is 2. The Morgan fingerprint density at radius 1 is 1.21 bits per heavy atom. The second-order valence-electron chi connectivity index (χ2n) is 3.42. The standard InChI is InChI=1S/C10H13N3O/c11-9-4-2-1-3-8(9)7-5-12-10(14)13-6-7/h1-4,7H,5-6,11H2,(H2,12,13,14). The lowest BCUT2D eigenvalue weighted by molar-refractivity contribution is 0.234. The summed E-state index contributed by atoms with van der Waals surface area (Å²) in [6.07, 6.45) is 0. The second-order valence-corrected chi connectivity index (χ2v) is 3.42. The Kier molecular flexibility index (Phi) is 2.26. The van der Waals surface area contributed by atoms with Gasteiger partial charge < -0.3 is 16.4 Å². The molecule has 1 fully saturated rings. The van der Waals surface area contributed by atoms with Crippen LogP contribution in [0.25, 0.3) is 0 Å². The second kappa shape index (κ2) is 3.57. The van der Waals surface area contributed by atoms with Crippen LogP contribution in [-0.4, -0.2) is 19.1 Å². The van der Waals surface area contributed by atoms with Gasteiger partial charge in [-0.15, -0.1) is 0 Å². The summed E-state index contributed by atoms with van der Waals surface area (Å²) < 4.78 is 0. The minimum Gasteiger partial charge on any atom is -0.398 e. The highest BCUT2D eigenvalue weighted by molar-refractivity contribution is 5.75. The Balaban J connectivity index is 2.16. The summed E-state index contributed by atoms with van der Waals surface area (Å²) in [5.41, 5.74) is 7.73. The molecule has 1 saturated heterocycles. The third-order valence-corrected chi connectivity index (χ3v) is 2.45. The van der Waals surface area contributed by atoms with E-state index in [4.69, 9.17) is 5.73 Å². The molecule has 0 bridgehead atoms. The van der Waals surface area contributed by atoms with E-state index in [9.17, 15) is 4.79 Å². The van der Waals surface area contributed by atoms with Crippen LogP contribution >= 0.6 is 0 Å². The first-order chi connectivity index (χ1) is 6.77. The molecule has 0 aliphatic carbocycles. The van der Waals surface area contributed by atoms with Crippen LogP contribution in [-0.2, 0) is 0 Å². The molecule has 0 radical (unpaired) electrons. The molecule has 14 heavy (non-hydrogen) atoms. The minimum atomic E-state index is -0.101. The molecular formula is C10H13N3O. The van der Waals surface area contributed by atoms with Crippen molar-refractivity contribution < 1.29 is 4.79 Å². The van der Waals surface area contributed by atoms with Gasteiger partial charge >= 0.3 is 6.03 Å². The van der Waals surface area contributed by atoms with Crippen molar-refractivity contribution in [3.05, 3.63) is 29.8 Å². The fraction of sp³-hybridized carbons (Fsp3) is 0.300. The van der Waals surface area contributed by atoms with Crippen LogP contribution in [0.5, 0.6) is 0 Å². The maximum absolute atomic E-state index is 10.9. The number of urea groups is 1. The number of nitrogens with two attached hydrogens (primary N) is 1. The molecule has 1 aromatic rings. The molecule has 4 heteroatoms. The molecular weight excluding hydrogens is 178 g/mol. The maximum atomic E-state index is 10.9. The summed E-state index contributed by atoms with van der Waals surface area (Å²) in [6, 6.07) is 7.65. The lowest BCUT2D eigenvalue weighted by Gasteiger charge is -2.24. The molecule has 0 spiro atoms. The summed E-state index contributed by atoms with van der Waals surface area (Å²) in [6.45, 7) is 1.31. The number of nitrogens with one attached hydrogen (secondary N) is 2. The lowest BCUT2D eigenvalue weighted by Crippen LogP contribution is -2.47. The number of anilines is 1. The normalized spacial score (nSPS) is 17.3. The molecule has 1 heterocycles. The highest BCUT2D eigenvalue weighted by Crippen LogP contribution is 2.21. The average molecular weight is 191 g/mol. The summed E-state index contributed by atoms with van der Waals surface area (Å²) in [7, 11) is 0. The van der Waals surface area contributed by atoms with E-state index < -0.39 is 0 Å². The van der Waals surface area contributed by atoms with Crippen molar-refractivity contribution in [3.8, 4) is 0 Å². The van der Waals surface area contributed by atoms with E-state index in [1.54, 1.807) is 0 Å². The highest BCUT2D eigenvalue weighted by Gasteiger charge is 2.19. The molecule has 0 aromatic heterocycles. The Bertz CT molecular complexity index is 341. The van der Waals surface area contributed by atoms with Crippen molar-refractivity contribution in [2.45, 2.75) is 5.92 Å². The van der Waals surface area contributed by atoms with E-state index >= 15 is 0 Å². The maximum Gasteiger partial charge on any atom is 0.314 e. The van der Waals surface area contributed by atoms with Gasteiger partial charge in [0, 0.05) is 24.7 Å². The molecule has 2 amide bonds. The van der Waals surface area contributed by atoms with Gasteiger partial charge in [-0.05, 0) is 11.6 Å². The third-order valence-electron chi connectivity index (χ3n) is 2.45. The van der Waals surface area contributed by atoms with Gasteiger partial charge in [0.25, 0.3) is 0 Å². The number of hydrogen-bond acceptors (Lipinski definition) is 2. The van der Waals surface area contributed by atoms with E-state index in [-0.39, 0.29) is 11.9 Å². The number of carbonyl (C=O) groups is 1. The van der Waals surface area contributed by atoms with Crippen LogP contribution in [0.15, 0.2) is 24.3 Å². The van der Waals surface area contributed by atoms with E-state index in [2.05, 4.69) is 10.6 Å². The zero-order chi connectivity index (χ0) is 9.97. The Morgan fingerprint density at radius 2 is 1.86 bits per heavy atom. The van der Waals surface area contributed by atoms with E-state index in [1.807, 2.05) is 24.3 Å². The zero-order valence-electron chi connectivity index (χ0n) is 7.79. The van der Waals surface area contributed by atoms with Crippen molar-refractivity contribution in [1.82, 2.24) is 10.6 Å². The summed E-state index contributed by atoms with van der Waals surface area (Å²) in [5, 5.41) is 5.50. The molecule has 0 unspecified atom stereocenters. The largest absolute Gasteiger partial charge is 0.398 e. The van der Waals surface area contributed by atoms with Crippen molar-refractivity contribution in [2.75, 3.05) is 18.8 Å². The topological polar surface area (TPSA) is 67.1 Å². The van der Waals surface area contributed by atoms with Gasteiger partial charge in [0.05, 0.1) is 0 Å². The van der Waals surface area contributed by atoms with Gasteiger partial charge in [0.1, 0.15) is 0 Å². The summed E-state index contributed by atoms with van der Waals surface area (Å²) in [4.78, 5) is 10.9. The number of benzene rings is 1. The van der Waals surface area contributed by atoms with Gasteiger partial charge in [0.2, 0.25) is 0 Å². The SMILES string of the molecule is Nc1ccccc1C1CNC(=O)NC1. The van der Waals surface area contributed by atoms with Crippen molar-refractivity contribution in [3.63, 3.8) is 0 Å². The molecule has 4 N–H and O–H groups in total. The number of rotatable bonds is 1. The van der Waals surface area contributed by atoms with Crippen molar-refractivity contribution in [2.24, 2.45) is 0 Å². The van der Waals surface area contributed by atoms with Gasteiger partial charge in [-0.25, -0.2) is 4.79 Å². The number of hydrogen-bond donors (Lipinski definition) is 3. The Morgan fingerprint density at radius 3 is 2.50 bits per heavy atom. The predicted molar refractivity (Wildman–Crippen MR) is 55.0 cm³/mol. The molecule has 2 rings (SSSR count). The third kappa shape index (κ3) is 1.64. The number of carbonyl (C=O) groups excluding carboxylic acids is 1. The quantitative estimate of drug-likeness (QED) is 0.571. The number of nitrogen functional groups attached to an aromatic ring is 1. The summed E-state index contributed by atoms with van der Waals surface area (Å²) in [5.74, 6) is 0.272. The number of para-hydroxylation sites is 1. The van der Waals surface area contributed by atoms with Gasteiger partial charge in [-0.1, -0.05) is 18.2 Å². The van der Waals surface area contributed by atoms with Crippen molar-refractivity contribution in [1.29, 1.82) is 0 Å². The van der Waals surface area contributed by atoms with Crippen molar-refractivity contribution >= 4 is 11.7 Å².